The molecule has 1 saturated heterocycles. The maximum absolute atomic E-state index is 13.8. The van der Waals surface area contributed by atoms with Gasteiger partial charge in [0, 0.05) is 19.7 Å². The molecule has 1 aliphatic heterocycles. The van der Waals surface area contributed by atoms with E-state index in [0.29, 0.717) is 12.2 Å². The van der Waals surface area contributed by atoms with Crippen molar-refractivity contribution >= 4 is 11.5 Å². The third-order valence-electron chi connectivity index (χ3n) is 3.43. The van der Waals surface area contributed by atoms with Crippen LogP contribution in [0.5, 0.6) is 0 Å². The van der Waals surface area contributed by atoms with Crippen molar-refractivity contribution in [1.82, 2.24) is 0 Å². The number of nitrogens with zero attached hydrogens (tertiary/aromatic N) is 1. The minimum absolute atomic E-state index is 0.183. The summed E-state index contributed by atoms with van der Waals surface area (Å²) in [6.45, 7) is 4.23. The lowest BCUT2D eigenvalue weighted by Crippen LogP contribution is -2.34. The fraction of sp³-hybridized carbons (Fsp3) is 0.500. The summed E-state index contributed by atoms with van der Waals surface area (Å²) in [4.78, 5) is 2.02. The standard InChI is InChI=1S/C14H20FN3O/c1-2-18(9-10-5-4-8-19-10)12-7-3-6-11(15)13(12)14(16)17/h3,6-7,10H,2,4-5,8-9H2,1H3,(H3,16,17). The van der Waals surface area contributed by atoms with E-state index in [-0.39, 0.29) is 17.5 Å². The van der Waals surface area contributed by atoms with Crippen molar-refractivity contribution < 1.29 is 9.13 Å². The molecule has 0 amide bonds. The number of nitrogen functional groups attached to an aromatic ring is 1. The quantitative estimate of drug-likeness (QED) is 0.633. The van der Waals surface area contributed by atoms with Gasteiger partial charge in [-0.25, -0.2) is 4.39 Å². The first-order valence-corrected chi connectivity index (χ1v) is 6.63. The third kappa shape index (κ3) is 3.04. The number of nitrogens with two attached hydrogens (primary N) is 1. The van der Waals surface area contributed by atoms with E-state index in [1.54, 1.807) is 12.1 Å². The van der Waals surface area contributed by atoms with Crippen LogP contribution in [0, 0.1) is 11.2 Å². The number of ether oxygens (including phenoxy) is 1. The first-order chi connectivity index (χ1) is 9.13. The molecule has 1 unspecified atom stereocenters. The summed E-state index contributed by atoms with van der Waals surface area (Å²) >= 11 is 0. The Hall–Kier alpha value is -1.62. The van der Waals surface area contributed by atoms with Gasteiger partial charge in [-0.2, -0.15) is 0 Å². The smallest absolute Gasteiger partial charge is 0.136 e. The van der Waals surface area contributed by atoms with Crippen molar-refractivity contribution in [3.05, 3.63) is 29.6 Å². The third-order valence-corrected chi connectivity index (χ3v) is 3.43. The number of rotatable bonds is 5. The van der Waals surface area contributed by atoms with Crippen LogP contribution in [0.1, 0.15) is 25.3 Å². The van der Waals surface area contributed by atoms with Gasteiger partial charge >= 0.3 is 0 Å². The minimum Gasteiger partial charge on any atom is -0.384 e. The molecule has 2 rings (SSSR count). The molecule has 3 N–H and O–H groups in total. The molecule has 1 aliphatic rings. The molecular weight excluding hydrogens is 245 g/mol. The summed E-state index contributed by atoms with van der Waals surface area (Å²) in [6.07, 6.45) is 2.29. The molecule has 104 valence electrons. The van der Waals surface area contributed by atoms with E-state index in [2.05, 4.69) is 0 Å². The second kappa shape index (κ2) is 6.02. The molecule has 1 atom stereocenters. The number of likely N-dealkylation sites (N-methyl/N-ethyl adjacent to an activating group) is 1. The van der Waals surface area contributed by atoms with Crippen LogP contribution in [0.4, 0.5) is 10.1 Å². The lowest BCUT2D eigenvalue weighted by Gasteiger charge is -2.28. The van der Waals surface area contributed by atoms with Crippen molar-refractivity contribution in [2.75, 3.05) is 24.6 Å². The Balaban J connectivity index is 2.26. The summed E-state index contributed by atoms with van der Waals surface area (Å²) in [7, 11) is 0. The first-order valence-electron chi connectivity index (χ1n) is 6.63. The maximum atomic E-state index is 13.8. The summed E-state index contributed by atoms with van der Waals surface area (Å²) in [5.41, 5.74) is 6.36. The SMILES string of the molecule is CCN(CC1CCCO1)c1cccc(F)c1C(=N)N. The molecule has 1 aromatic carbocycles. The Morgan fingerprint density at radius 1 is 1.58 bits per heavy atom. The number of anilines is 1. The Labute approximate surface area is 112 Å². The molecule has 0 aliphatic carbocycles. The second-order valence-electron chi connectivity index (χ2n) is 4.72. The fourth-order valence-electron chi connectivity index (χ4n) is 2.47. The number of hydrogen-bond donors (Lipinski definition) is 2. The van der Waals surface area contributed by atoms with Gasteiger partial charge in [-0.05, 0) is 31.9 Å². The zero-order chi connectivity index (χ0) is 13.8. The van der Waals surface area contributed by atoms with Gasteiger partial charge in [0.15, 0.2) is 0 Å². The summed E-state index contributed by atoms with van der Waals surface area (Å²) in [6, 6.07) is 4.79. The first kappa shape index (κ1) is 13.8. The summed E-state index contributed by atoms with van der Waals surface area (Å²) in [5, 5.41) is 7.55. The van der Waals surface area contributed by atoms with Gasteiger partial charge in [-0.1, -0.05) is 6.07 Å². The van der Waals surface area contributed by atoms with E-state index >= 15 is 0 Å². The van der Waals surface area contributed by atoms with E-state index < -0.39 is 5.82 Å². The molecule has 0 spiro atoms. The van der Waals surface area contributed by atoms with Crippen molar-refractivity contribution in [1.29, 1.82) is 5.41 Å². The van der Waals surface area contributed by atoms with E-state index in [4.69, 9.17) is 15.9 Å². The largest absolute Gasteiger partial charge is 0.384 e. The lowest BCUT2D eigenvalue weighted by molar-refractivity contribution is 0.115. The van der Waals surface area contributed by atoms with E-state index in [1.165, 1.54) is 6.07 Å². The minimum atomic E-state index is -0.448. The highest BCUT2D eigenvalue weighted by molar-refractivity contribution is 6.00. The highest BCUT2D eigenvalue weighted by atomic mass is 19.1. The van der Waals surface area contributed by atoms with Crippen LogP contribution >= 0.6 is 0 Å². The Morgan fingerprint density at radius 3 is 2.95 bits per heavy atom. The van der Waals surface area contributed by atoms with Crippen molar-refractivity contribution in [3.8, 4) is 0 Å². The molecule has 4 nitrogen and oxygen atoms in total. The average Bonchev–Trinajstić information content (AvgIpc) is 2.88. The number of halogens is 1. The topological polar surface area (TPSA) is 62.3 Å². The van der Waals surface area contributed by atoms with E-state index in [9.17, 15) is 4.39 Å². The Morgan fingerprint density at radius 2 is 2.37 bits per heavy atom. The zero-order valence-corrected chi connectivity index (χ0v) is 11.2. The Bertz CT molecular complexity index is 458. The number of hydrogen-bond acceptors (Lipinski definition) is 3. The number of amidine groups is 1. The van der Waals surface area contributed by atoms with Gasteiger partial charge < -0.3 is 15.4 Å². The Kier molecular flexibility index (Phi) is 4.37. The van der Waals surface area contributed by atoms with Crippen LogP contribution in [0.15, 0.2) is 18.2 Å². The normalized spacial score (nSPS) is 18.5. The highest BCUT2D eigenvalue weighted by Gasteiger charge is 2.22. The number of nitrogens with one attached hydrogen (secondary N) is 1. The van der Waals surface area contributed by atoms with Crippen LogP contribution in [-0.4, -0.2) is 31.6 Å². The van der Waals surface area contributed by atoms with Crippen molar-refractivity contribution in [2.24, 2.45) is 5.73 Å². The van der Waals surface area contributed by atoms with E-state index in [0.717, 1.165) is 26.0 Å². The van der Waals surface area contributed by atoms with Gasteiger partial charge in [-0.15, -0.1) is 0 Å². The lowest BCUT2D eigenvalue weighted by atomic mass is 10.1. The van der Waals surface area contributed by atoms with Crippen molar-refractivity contribution in [2.45, 2.75) is 25.9 Å². The zero-order valence-electron chi connectivity index (χ0n) is 11.2. The van der Waals surface area contributed by atoms with Gasteiger partial charge in [0.05, 0.1) is 17.4 Å². The highest BCUT2D eigenvalue weighted by Crippen LogP contribution is 2.24. The van der Waals surface area contributed by atoms with Crippen molar-refractivity contribution in [3.63, 3.8) is 0 Å². The molecule has 0 bridgehead atoms. The molecule has 19 heavy (non-hydrogen) atoms. The molecule has 0 saturated carbocycles. The monoisotopic (exact) mass is 265 g/mol. The molecule has 1 aromatic rings. The van der Waals surface area contributed by atoms with Crippen LogP contribution in [0.3, 0.4) is 0 Å². The predicted molar refractivity (Wildman–Crippen MR) is 74.3 cm³/mol. The van der Waals surface area contributed by atoms with Gasteiger partial charge in [0.2, 0.25) is 0 Å². The van der Waals surface area contributed by atoms with Gasteiger partial charge in [-0.3, -0.25) is 5.41 Å². The molecule has 1 heterocycles. The fourth-order valence-corrected chi connectivity index (χ4v) is 2.47. The maximum Gasteiger partial charge on any atom is 0.136 e. The molecule has 0 aromatic heterocycles. The summed E-state index contributed by atoms with van der Waals surface area (Å²) in [5.74, 6) is -0.685. The van der Waals surface area contributed by atoms with Crippen LogP contribution in [-0.2, 0) is 4.74 Å². The summed E-state index contributed by atoms with van der Waals surface area (Å²) < 4.78 is 19.4. The van der Waals surface area contributed by atoms with Gasteiger partial charge in [0.25, 0.3) is 0 Å². The van der Waals surface area contributed by atoms with Crippen LogP contribution in [0.25, 0.3) is 0 Å². The van der Waals surface area contributed by atoms with Gasteiger partial charge in [0.1, 0.15) is 11.7 Å². The molecular formula is C14H20FN3O. The second-order valence-corrected chi connectivity index (χ2v) is 4.72. The van der Waals surface area contributed by atoms with E-state index in [1.807, 2.05) is 11.8 Å². The molecule has 0 radical (unpaired) electrons. The van der Waals surface area contributed by atoms with Crippen LogP contribution in [0.2, 0.25) is 0 Å². The molecule has 5 heteroatoms. The molecule has 1 fully saturated rings. The van der Waals surface area contributed by atoms with Crippen LogP contribution < -0.4 is 10.6 Å². The number of benzene rings is 1. The predicted octanol–water partition coefficient (Wildman–Crippen LogP) is 2.12. The average molecular weight is 265 g/mol.